The predicted octanol–water partition coefficient (Wildman–Crippen LogP) is 0.858. The second-order valence-electron chi connectivity index (χ2n) is 4.69. The molecule has 1 amide bonds. The summed E-state index contributed by atoms with van der Waals surface area (Å²) in [5.74, 6) is -1.83. The van der Waals surface area contributed by atoms with Crippen LogP contribution in [0.1, 0.15) is 17.3 Å². The number of amides is 1. The normalized spacial score (nSPS) is 11.9. The van der Waals surface area contributed by atoms with Crippen molar-refractivity contribution in [3.05, 3.63) is 35.9 Å². The number of carboxylic acids is 1. The van der Waals surface area contributed by atoms with Crippen LogP contribution in [0.3, 0.4) is 0 Å². The number of hydrogen-bond donors (Lipinski definition) is 2. The van der Waals surface area contributed by atoms with Crippen molar-refractivity contribution in [2.45, 2.75) is 6.92 Å². The smallest absolute Gasteiger partial charge is 0.308 e. The highest BCUT2D eigenvalue weighted by Gasteiger charge is 2.21. The van der Waals surface area contributed by atoms with Crippen molar-refractivity contribution in [2.75, 3.05) is 32.9 Å². The molecule has 2 N–H and O–H groups in total. The van der Waals surface area contributed by atoms with Gasteiger partial charge in [0.1, 0.15) is 0 Å². The lowest BCUT2D eigenvalue weighted by Gasteiger charge is -2.24. The Balaban J connectivity index is 2.70. The second kappa shape index (κ2) is 9.10. The van der Waals surface area contributed by atoms with E-state index in [1.54, 1.807) is 31.2 Å². The van der Waals surface area contributed by atoms with Gasteiger partial charge in [0.05, 0.1) is 25.7 Å². The van der Waals surface area contributed by atoms with Gasteiger partial charge < -0.3 is 19.8 Å². The molecule has 0 aliphatic carbocycles. The molecule has 1 unspecified atom stereocenters. The summed E-state index contributed by atoms with van der Waals surface area (Å²) in [5, 5.41) is 17.6. The van der Waals surface area contributed by atoms with E-state index >= 15 is 0 Å². The number of ether oxygens (including phenoxy) is 1. The highest BCUT2D eigenvalue weighted by molar-refractivity contribution is 5.94. The first-order valence-corrected chi connectivity index (χ1v) is 6.82. The van der Waals surface area contributed by atoms with Crippen LogP contribution >= 0.6 is 0 Å². The molecule has 0 fully saturated rings. The maximum Gasteiger partial charge on any atom is 0.308 e. The number of benzene rings is 1. The minimum atomic E-state index is -0.947. The highest BCUT2D eigenvalue weighted by Crippen LogP contribution is 2.08. The largest absolute Gasteiger partial charge is 0.481 e. The van der Waals surface area contributed by atoms with E-state index < -0.39 is 11.9 Å². The van der Waals surface area contributed by atoms with E-state index in [0.717, 1.165) is 0 Å². The Kier molecular flexibility index (Phi) is 7.42. The van der Waals surface area contributed by atoms with E-state index in [1.807, 2.05) is 6.07 Å². The van der Waals surface area contributed by atoms with Crippen molar-refractivity contribution < 1.29 is 24.5 Å². The summed E-state index contributed by atoms with van der Waals surface area (Å²) in [6, 6.07) is 8.71. The predicted molar refractivity (Wildman–Crippen MR) is 77.1 cm³/mol. The zero-order valence-corrected chi connectivity index (χ0v) is 12.1. The lowest BCUT2D eigenvalue weighted by molar-refractivity contribution is -0.141. The van der Waals surface area contributed by atoms with Gasteiger partial charge >= 0.3 is 5.97 Å². The molecule has 0 saturated carbocycles. The van der Waals surface area contributed by atoms with Crippen molar-refractivity contribution in [2.24, 2.45) is 5.92 Å². The van der Waals surface area contributed by atoms with E-state index in [-0.39, 0.29) is 38.8 Å². The third-order valence-corrected chi connectivity index (χ3v) is 2.96. The SMILES string of the molecule is CC(CN(CCOCCO)C(=O)c1ccccc1)C(=O)O. The van der Waals surface area contributed by atoms with Crippen molar-refractivity contribution >= 4 is 11.9 Å². The van der Waals surface area contributed by atoms with E-state index in [1.165, 1.54) is 4.90 Å². The number of rotatable bonds is 9. The number of aliphatic carboxylic acids is 1. The van der Waals surface area contributed by atoms with Crippen LogP contribution in [-0.4, -0.2) is 59.9 Å². The van der Waals surface area contributed by atoms with Gasteiger partial charge in [-0.2, -0.15) is 0 Å². The van der Waals surface area contributed by atoms with E-state index in [2.05, 4.69) is 0 Å². The molecule has 0 radical (unpaired) electrons. The van der Waals surface area contributed by atoms with Gasteiger partial charge in [-0.1, -0.05) is 25.1 Å². The maximum absolute atomic E-state index is 12.4. The summed E-state index contributed by atoms with van der Waals surface area (Å²) < 4.78 is 5.15. The topological polar surface area (TPSA) is 87.1 Å². The van der Waals surface area contributed by atoms with Crippen LogP contribution in [0, 0.1) is 5.92 Å². The molecule has 1 aromatic rings. The minimum absolute atomic E-state index is 0.0852. The van der Waals surface area contributed by atoms with Crippen LogP contribution < -0.4 is 0 Å². The van der Waals surface area contributed by atoms with Crippen LogP contribution in [0.4, 0.5) is 0 Å². The summed E-state index contributed by atoms with van der Waals surface area (Å²) in [7, 11) is 0. The van der Waals surface area contributed by atoms with Gasteiger partial charge in [0, 0.05) is 18.7 Å². The molecule has 0 aliphatic rings. The molecule has 1 atom stereocenters. The highest BCUT2D eigenvalue weighted by atomic mass is 16.5. The first-order chi connectivity index (χ1) is 10.1. The molecule has 0 aliphatic heterocycles. The molecule has 6 heteroatoms. The van der Waals surface area contributed by atoms with Crippen molar-refractivity contribution in [3.63, 3.8) is 0 Å². The van der Waals surface area contributed by atoms with Gasteiger partial charge in [-0.3, -0.25) is 9.59 Å². The lowest BCUT2D eigenvalue weighted by atomic mass is 10.1. The molecule has 21 heavy (non-hydrogen) atoms. The summed E-state index contributed by atoms with van der Waals surface area (Å²) >= 11 is 0. The Hall–Kier alpha value is -1.92. The molecule has 0 heterocycles. The average Bonchev–Trinajstić information content (AvgIpc) is 2.50. The van der Waals surface area contributed by atoms with Crippen LogP contribution in [0.5, 0.6) is 0 Å². The summed E-state index contributed by atoms with van der Waals surface area (Å²) in [4.78, 5) is 24.8. The van der Waals surface area contributed by atoms with Gasteiger partial charge in [-0.25, -0.2) is 0 Å². The summed E-state index contributed by atoms with van der Waals surface area (Å²) in [6.07, 6.45) is 0. The third-order valence-electron chi connectivity index (χ3n) is 2.96. The molecule has 0 spiro atoms. The maximum atomic E-state index is 12.4. The zero-order valence-electron chi connectivity index (χ0n) is 12.1. The average molecular weight is 295 g/mol. The third kappa shape index (κ3) is 5.93. The van der Waals surface area contributed by atoms with Crippen molar-refractivity contribution in [3.8, 4) is 0 Å². The Labute approximate surface area is 124 Å². The molecule has 1 rings (SSSR count). The quantitative estimate of drug-likeness (QED) is 0.660. The molecule has 116 valence electrons. The Morgan fingerprint density at radius 2 is 1.90 bits per heavy atom. The first kappa shape index (κ1) is 17.1. The van der Waals surface area contributed by atoms with Gasteiger partial charge in [0.2, 0.25) is 0 Å². The Morgan fingerprint density at radius 1 is 1.24 bits per heavy atom. The zero-order chi connectivity index (χ0) is 15.7. The fraction of sp³-hybridized carbons (Fsp3) is 0.467. The Bertz CT molecular complexity index is 449. The Morgan fingerprint density at radius 3 is 2.48 bits per heavy atom. The number of aliphatic hydroxyl groups is 1. The second-order valence-corrected chi connectivity index (χ2v) is 4.69. The molecule has 1 aromatic carbocycles. The number of aliphatic hydroxyl groups excluding tert-OH is 1. The molecule has 0 bridgehead atoms. The van der Waals surface area contributed by atoms with Crippen molar-refractivity contribution in [1.29, 1.82) is 0 Å². The van der Waals surface area contributed by atoms with Gasteiger partial charge in [-0.15, -0.1) is 0 Å². The van der Waals surface area contributed by atoms with E-state index in [9.17, 15) is 9.59 Å². The van der Waals surface area contributed by atoms with Crippen molar-refractivity contribution in [1.82, 2.24) is 4.90 Å². The molecule has 6 nitrogen and oxygen atoms in total. The van der Waals surface area contributed by atoms with Crippen LogP contribution in [-0.2, 0) is 9.53 Å². The lowest BCUT2D eigenvalue weighted by Crippen LogP contribution is -2.39. The first-order valence-electron chi connectivity index (χ1n) is 6.82. The van der Waals surface area contributed by atoms with Crippen LogP contribution in [0.25, 0.3) is 0 Å². The number of hydrogen-bond acceptors (Lipinski definition) is 4. The fourth-order valence-electron chi connectivity index (χ4n) is 1.79. The molecule has 0 aromatic heterocycles. The minimum Gasteiger partial charge on any atom is -0.481 e. The van der Waals surface area contributed by atoms with Gasteiger partial charge in [0.15, 0.2) is 0 Å². The number of nitrogens with zero attached hydrogens (tertiary/aromatic N) is 1. The standard InChI is InChI=1S/C15H21NO5/c1-12(15(19)20)11-16(7-9-21-10-8-17)14(18)13-5-3-2-4-6-13/h2-6,12,17H,7-11H2,1H3,(H,19,20). The molecular weight excluding hydrogens is 274 g/mol. The van der Waals surface area contributed by atoms with E-state index in [0.29, 0.717) is 5.56 Å². The number of carbonyl (C=O) groups excluding carboxylic acids is 1. The summed E-state index contributed by atoms with van der Waals surface area (Å²) in [6.45, 7) is 2.32. The summed E-state index contributed by atoms with van der Waals surface area (Å²) in [5.41, 5.74) is 0.511. The molecular formula is C15H21NO5. The molecule has 0 saturated heterocycles. The van der Waals surface area contributed by atoms with Gasteiger partial charge in [0.25, 0.3) is 5.91 Å². The number of carboxylic acid groups (broad SMARTS) is 1. The van der Waals surface area contributed by atoms with Crippen LogP contribution in [0.15, 0.2) is 30.3 Å². The fourth-order valence-corrected chi connectivity index (χ4v) is 1.79. The monoisotopic (exact) mass is 295 g/mol. The van der Waals surface area contributed by atoms with Crippen LogP contribution in [0.2, 0.25) is 0 Å². The van der Waals surface area contributed by atoms with Gasteiger partial charge in [-0.05, 0) is 12.1 Å². The number of carbonyl (C=O) groups is 2. The van der Waals surface area contributed by atoms with E-state index in [4.69, 9.17) is 14.9 Å².